The van der Waals surface area contributed by atoms with Gasteiger partial charge in [-0.15, -0.1) is 0 Å². The van der Waals surface area contributed by atoms with Crippen molar-refractivity contribution in [2.45, 2.75) is 13.5 Å². The minimum atomic E-state index is -0.436. The van der Waals surface area contributed by atoms with Crippen molar-refractivity contribution in [1.82, 2.24) is 0 Å². The smallest absolute Gasteiger partial charge is 0.272 e. The van der Waals surface area contributed by atoms with E-state index in [1.165, 1.54) is 25.3 Å². The summed E-state index contributed by atoms with van der Waals surface area (Å²) in [7, 11) is 1.39. The molecular formula is C15H15FN2O3. The average molecular weight is 290 g/mol. The number of ether oxygens (including phenoxy) is 1. The molecule has 110 valence electrons. The van der Waals surface area contributed by atoms with Gasteiger partial charge in [-0.25, -0.2) is 4.39 Å². The molecule has 0 radical (unpaired) electrons. The molecule has 0 bridgehead atoms. The third-order valence-corrected chi connectivity index (χ3v) is 3.12. The number of nitrogens with one attached hydrogen (secondary N) is 1. The highest BCUT2D eigenvalue weighted by Crippen LogP contribution is 2.23. The summed E-state index contributed by atoms with van der Waals surface area (Å²) >= 11 is 0. The Balaban J connectivity index is 2.13. The third-order valence-electron chi connectivity index (χ3n) is 3.12. The molecule has 0 aromatic heterocycles. The van der Waals surface area contributed by atoms with E-state index in [4.69, 9.17) is 4.74 Å². The Kier molecular flexibility index (Phi) is 4.37. The Morgan fingerprint density at radius 2 is 2.05 bits per heavy atom. The molecule has 0 amide bonds. The number of aryl methyl sites for hydroxylation is 1. The van der Waals surface area contributed by atoms with Crippen LogP contribution in [0.25, 0.3) is 0 Å². The number of halogens is 1. The van der Waals surface area contributed by atoms with Gasteiger partial charge in [0.1, 0.15) is 0 Å². The molecule has 0 unspecified atom stereocenters. The molecule has 0 heterocycles. The molecule has 0 aliphatic heterocycles. The average Bonchev–Trinajstić information content (AvgIpc) is 2.47. The molecule has 0 aliphatic rings. The zero-order valence-corrected chi connectivity index (χ0v) is 11.7. The number of nitrogens with zero attached hydrogens (tertiary/aromatic N) is 1. The van der Waals surface area contributed by atoms with Crippen LogP contribution in [0, 0.1) is 22.9 Å². The van der Waals surface area contributed by atoms with Crippen molar-refractivity contribution in [3.8, 4) is 5.75 Å². The maximum atomic E-state index is 13.3. The Morgan fingerprint density at radius 1 is 1.29 bits per heavy atom. The predicted octanol–water partition coefficient (Wildman–Crippen LogP) is 3.66. The van der Waals surface area contributed by atoms with Crippen molar-refractivity contribution < 1.29 is 14.1 Å². The van der Waals surface area contributed by atoms with E-state index in [9.17, 15) is 14.5 Å². The minimum Gasteiger partial charge on any atom is -0.494 e. The maximum Gasteiger partial charge on any atom is 0.272 e. The van der Waals surface area contributed by atoms with Crippen molar-refractivity contribution in [3.63, 3.8) is 0 Å². The molecular weight excluding hydrogens is 275 g/mol. The van der Waals surface area contributed by atoms with E-state index in [2.05, 4.69) is 5.32 Å². The van der Waals surface area contributed by atoms with Crippen LogP contribution >= 0.6 is 0 Å². The monoisotopic (exact) mass is 290 g/mol. The molecule has 1 N–H and O–H groups in total. The van der Waals surface area contributed by atoms with Crippen LogP contribution in [-0.4, -0.2) is 12.0 Å². The summed E-state index contributed by atoms with van der Waals surface area (Å²) in [5.74, 6) is -0.288. The molecule has 0 aliphatic carbocycles. The number of hydrogen-bond donors (Lipinski definition) is 1. The van der Waals surface area contributed by atoms with Crippen LogP contribution in [0.15, 0.2) is 36.4 Å². The van der Waals surface area contributed by atoms with Gasteiger partial charge in [0.15, 0.2) is 11.6 Å². The second-order valence-corrected chi connectivity index (χ2v) is 4.58. The second-order valence-electron chi connectivity index (χ2n) is 4.58. The van der Waals surface area contributed by atoms with E-state index in [1.54, 1.807) is 19.1 Å². The van der Waals surface area contributed by atoms with Crippen molar-refractivity contribution in [2.24, 2.45) is 0 Å². The SMILES string of the molecule is COc1cc(NCc2ccc(C)c([N+](=O)[O-])c2)ccc1F. The summed E-state index contributed by atoms with van der Waals surface area (Å²) in [6, 6.07) is 9.48. The summed E-state index contributed by atoms with van der Waals surface area (Å²) in [4.78, 5) is 10.5. The fourth-order valence-corrected chi connectivity index (χ4v) is 1.94. The summed E-state index contributed by atoms with van der Waals surface area (Å²) in [6.07, 6.45) is 0. The van der Waals surface area contributed by atoms with Gasteiger partial charge in [-0.05, 0) is 24.6 Å². The first-order valence-corrected chi connectivity index (χ1v) is 6.32. The van der Waals surface area contributed by atoms with Gasteiger partial charge in [-0.1, -0.05) is 12.1 Å². The van der Waals surface area contributed by atoms with Crippen molar-refractivity contribution >= 4 is 11.4 Å². The van der Waals surface area contributed by atoms with Crippen LogP contribution in [-0.2, 0) is 6.54 Å². The zero-order valence-electron chi connectivity index (χ0n) is 11.7. The molecule has 6 heteroatoms. The number of anilines is 1. The number of nitro groups is 1. The molecule has 2 rings (SSSR count). The normalized spacial score (nSPS) is 10.2. The van der Waals surface area contributed by atoms with Gasteiger partial charge < -0.3 is 10.1 Å². The van der Waals surface area contributed by atoms with E-state index >= 15 is 0 Å². The minimum absolute atomic E-state index is 0.0889. The quantitative estimate of drug-likeness (QED) is 0.674. The van der Waals surface area contributed by atoms with Crippen LogP contribution in [0.1, 0.15) is 11.1 Å². The fraction of sp³-hybridized carbons (Fsp3) is 0.200. The van der Waals surface area contributed by atoms with Gasteiger partial charge in [-0.3, -0.25) is 10.1 Å². The first kappa shape index (κ1) is 14.8. The molecule has 5 nitrogen and oxygen atoms in total. The van der Waals surface area contributed by atoms with Crippen molar-refractivity contribution in [1.29, 1.82) is 0 Å². The first-order valence-electron chi connectivity index (χ1n) is 6.32. The van der Waals surface area contributed by atoms with Gasteiger partial charge >= 0.3 is 0 Å². The van der Waals surface area contributed by atoms with Crippen LogP contribution < -0.4 is 10.1 Å². The lowest BCUT2D eigenvalue weighted by molar-refractivity contribution is -0.385. The fourth-order valence-electron chi connectivity index (χ4n) is 1.94. The largest absolute Gasteiger partial charge is 0.494 e. The molecule has 0 atom stereocenters. The number of nitro benzene ring substituents is 1. The van der Waals surface area contributed by atoms with E-state index in [0.717, 1.165) is 5.56 Å². The Bertz CT molecular complexity index is 674. The molecule has 0 saturated heterocycles. The number of benzene rings is 2. The van der Waals surface area contributed by atoms with Crippen LogP contribution in [0.2, 0.25) is 0 Å². The van der Waals surface area contributed by atoms with Crippen LogP contribution in [0.5, 0.6) is 5.75 Å². The Morgan fingerprint density at radius 3 is 2.71 bits per heavy atom. The first-order chi connectivity index (χ1) is 10.0. The summed E-state index contributed by atoms with van der Waals surface area (Å²) in [6.45, 7) is 2.09. The lowest BCUT2D eigenvalue weighted by Crippen LogP contribution is -2.01. The third kappa shape index (κ3) is 3.47. The van der Waals surface area contributed by atoms with E-state index in [0.29, 0.717) is 17.8 Å². The second kappa shape index (κ2) is 6.21. The summed E-state index contributed by atoms with van der Waals surface area (Å²) in [5.41, 5.74) is 2.16. The molecule has 21 heavy (non-hydrogen) atoms. The Hall–Kier alpha value is -2.63. The highest BCUT2D eigenvalue weighted by atomic mass is 19.1. The van der Waals surface area contributed by atoms with Gasteiger partial charge in [0, 0.05) is 29.9 Å². The summed E-state index contributed by atoms with van der Waals surface area (Å²) < 4.78 is 18.2. The van der Waals surface area contributed by atoms with Gasteiger partial charge in [0.2, 0.25) is 0 Å². The van der Waals surface area contributed by atoms with Gasteiger partial charge in [0.25, 0.3) is 5.69 Å². The van der Waals surface area contributed by atoms with Crippen LogP contribution in [0.4, 0.5) is 15.8 Å². The highest BCUT2D eigenvalue weighted by Gasteiger charge is 2.11. The number of rotatable bonds is 5. The van der Waals surface area contributed by atoms with Crippen molar-refractivity contribution in [3.05, 3.63) is 63.5 Å². The molecule has 2 aromatic carbocycles. The number of hydrogen-bond acceptors (Lipinski definition) is 4. The number of methoxy groups -OCH3 is 1. The van der Waals surface area contributed by atoms with E-state index in [1.807, 2.05) is 6.07 Å². The molecule has 0 spiro atoms. The van der Waals surface area contributed by atoms with Gasteiger partial charge in [0.05, 0.1) is 12.0 Å². The highest BCUT2D eigenvalue weighted by molar-refractivity contribution is 5.50. The molecule has 2 aromatic rings. The van der Waals surface area contributed by atoms with E-state index < -0.39 is 10.7 Å². The van der Waals surface area contributed by atoms with E-state index in [-0.39, 0.29) is 11.4 Å². The van der Waals surface area contributed by atoms with Crippen LogP contribution in [0.3, 0.4) is 0 Å². The standard InChI is InChI=1S/C15H15FN2O3/c1-10-3-4-11(7-14(10)18(19)20)9-17-12-5-6-13(16)15(8-12)21-2/h3-8,17H,9H2,1-2H3. The van der Waals surface area contributed by atoms with Gasteiger partial charge in [-0.2, -0.15) is 0 Å². The topological polar surface area (TPSA) is 64.4 Å². The van der Waals surface area contributed by atoms with Crippen molar-refractivity contribution in [2.75, 3.05) is 12.4 Å². The predicted molar refractivity (Wildman–Crippen MR) is 78.1 cm³/mol. The zero-order chi connectivity index (χ0) is 15.4. The summed E-state index contributed by atoms with van der Waals surface area (Å²) in [5, 5.41) is 14.0. The molecule has 0 saturated carbocycles. The lowest BCUT2D eigenvalue weighted by atomic mass is 10.1. The lowest BCUT2D eigenvalue weighted by Gasteiger charge is -2.09. The maximum absolute atomic E-state index is 13.3. The molecule has 0 fully saturated rings. The Labute approximate surface area is 121 Å².